The van der Waals surface area contributed by atoms with Gasteiger partial charge in [-0.15, -0.1) is 0 Å². The van der Waals surface area contributed by atoms with Crippen molar-refractivity contribution in [2.45, 2.75) is 38.5 Å². The van der Waals surface area contributed by atoms with Crippen molar-refractivity contribution < 1.29 is 33.6 Å². The van der Waals surface area contributed by atoms with E-state index in [0.717, 1.165) is 7.11 Å². The van der Waals surface area contributed by atoms with Gasteiger partial charge >= 0.3 is 12.1 Å². The van der Waals surface area contributed by atoms with Gasteiger partial charge in [0, 0.05) is 5.56 Å². The molecule has 25 heavy (non-hydrogen) atoms. The van der Waals surface area contributed by atoms with E-state index in [1.54, 1.807) is 32.9 Å². The molecule has 0 bridgehead atoms. The highest BCUT2D eigenvalue weighted by atomic mass is 16.6. The molecule has 0 spiro atoms. The first-order chi connectivity index (χ1) is 11.6. The molecule has 0 aliphatic heterocycles. The summed E-state index contributed by atoms with van der Waals surface area (Å²) in [5.74, 6) is -0.0489. The van der Waals surface area contributed by atoms with Gasteiger partial charge in [0.15, 0.2) is 6.04 Å². The van der Waals surface area contributed by atoms with Crippen LogP contribution in [-0.4, -0.2) is 50.1 Å². The monoisotopic (exact) mass is 355 g/mol. The van der Waals surface area contributed by atoms with Gasteiger partial charge in [-0.05, 0) is 39.0 Å². The van der Waals surface area contributed by atoms with Crippen LogP contribution in [0.5, 0.6) is 11.5 Å². The van der Waals surface area contributed by atoms with Crippen molar-refractivity contribution in [1.29, 1.82) is 0 Å². The highest BCUT2D eigenvalue weighted by Crippen LogP contribution is 2.31. The van der Waals surface area contributed by atoms with E-state index in [9.17, 15) is 14.7 Å². The van der Waals surface area contributed by atoms with Crippen LogP contribution in [0.4, 0.5) is 4.79 Å². The third-order valence-corrected chi connectivity index (χ3v) is 3.20. The summed E-state index contributed by atoms with van der Waals surface area (Å²) in [7, 11) is 4.04. The molecule has 1 aromatic carbocycles. The molecule has 0 aliphatic carbocycles. The summed E-state index contributed by atoms with van der Waals surface area (Å²) in [4.78, 5) is 24.1. The smallest absolute Gasteiger partial charge is 0.408 e. The van der Waals surface area contributed by atoms with Crippen LogP contribution < -0.4 is 14.8 Å². The topological polar surface area (TPSA) is 103 Å². The van der Waals surface area contributed by atoms with Crippen molar-refractivity contribution >= 4 is 12.1 Å². The molecule has 8 nitrogen and oxygen atoms in total. The first-order valence-electron chi connectivity index (χ1n) is 7.60. The quantitative estimate of drug-likeness (QED) is 0.750. The standard InChI is InChI=1S/C17H25NO7/c1-17(2,3)25-16(21)18-13(15(20)24-6)14(19)11-9-10(22-4)7-8-12(11)23-5/h7-9,13-14,19H,1-6H3,(H,18,21)/t13-,14+/m0/s1. The molecular formula is C17H25NO7. The van der Waals surface area contributed by atoms with Gasteiger partial charge in [0.25, 0.3) is 0 Å². The number of aliphatic hydroxyl groups excluding tert-OH is 1. The fraction of sp³-hybridized carbons (Fsp3) is 0.529. The number of ether oxygens (including phenoxy) is 4. The molecule has 0 unspecified atom stereocenters. The van der Waals surface area contributed by atoms with Crippen LogP contribution in [0.1, 0.15) is 32.4 Å². The summed E-state index contributed by atoms with van der Waals surface area (Å²) in [6.07, 6.45) is -2.30. The van der Waals surface area contributed by atoms with Crippen molar-refractivity contribution in [2.24, 2.45) is 0 Å². The molecule has 0 heterocycles. The summed E-state index contributed by atoms with van der Waals surface area (Å²) in [5.41, 5.74) is -0.503. The maximum absolute atomic E-state index is 12.1. The van der Waals surface area contributed by atoms with Crippen molar-refractivity contribution in [1.82, 2.24) is 5.32 Å². The first-order valence-corrected chi connectivity index (χ1v) is 7.60. The van der Waals surface area contributed by atoms with E-state index in [-0.39, 0.29) is 5.56 Å². The van der Waals surface area contributed by atoms with Crippen LogP contribution in [0, 0.1) is 0 Å². The average molecular weight is 355 g/mol. The van der Waals surface area contributed by atoms with Crippen molar-refractivity contribution in [3.63, 3.8) is 0 Å². The summed E-state index contributed by atoms with van der Waals surface area (Å²) < 4.78 is 20.1. The van der Waals surface area contributed by atoms with Gasteiger partial charge in [0.05, 0.1) is 21.3 Å². The number of rotatable bonds is 6. The Morgan fingerprint density at radius 2 is 1.76 bits per heavy atom. The number of benzene rings is 1. The molecule has 2 N–H and O–H groups in total. The van der Waals surface area contributed by atoms with Crippen LogP contribution in [0.2, 0.25) is 0 Å². The zero-order valence-corrected chi connectivity index (χ0v) is 15.3. The van der Waals surface area contributed by atoms with Crippen LogP contribution in [-0.2, 0) is 14.3 Å². The van der Waals surface area contributed by atoms with Gasteiger partial charge in [-0.25, -0.2) is 9.59 Å². The Kier molecular flexibility index (Phi) is 7.05. The minimum Gasteiger partial charge on any atom is -0.497 e. The molecule has 0 aliphatic rings. The van der Waals surface area contributed by atoms with Crippen molar-refractivity contribution in [3.05, 3.63) is 23.8 Å². The second-order valence-electron chi connectivity index (χ2n) is 6.20. The Morgan fingerprint density at radius 1 is 1.12 bits per heavy atom. The van der Waals surface area contributed by atoms with Crippen LogP contribution in [0.3, 0.4) is 0 Å². The van der Waals surface area contributed by atoms with E-state index < -0.39 is 29.8 Å². The lowest BCUT2D eigenvalue weighted by molar-refractivity contribution is -0.146. The van der Waals surface area contributed by atoms with Gasteiger partial charge in [0.2, 0.25) is 0 Å². The molecule has 0 fully saturated rings. The molecule has 1 amide bonds. The molecule has 0 aromatic heterocycles. The van der Waals surface area contributed by atoms with E-state index in [4.69, 9.17) is 14.2 Å². The number of hydrogen-bond donors (Lipinski definition) is 2. The SMILES string of the molecule is COC(=O)[C@@H](NC(=O)OC(C)(C)C)[C@H](O)c1cc(OC)ccc1OC. The predicted molar refractivity (Wildman–Crippen MR) is 89.7 cm³/mol. The number of carbonyl (C=O) groups excluding carboxylic acids is 2. The predicted octanol–water partition coefficient (Wildman–Crippen LogP) is 1.80. The van der Waals surface area contributed by atoms with Gasteiger partial charge in [-0.2, -0.15) is 0 Å². The van der Waals surface area contributed by atoms with Crippen LogP contribution in [0.15, 0.2) is 18.2 Å². The lowest BCUT2D eigenvalue weighted by Crippen LogP contribution is -2.47. The third-order valence-electron chi connectivity index (χ3n) is 3.20. The minimum absolute atomic E-state index is 0.258. The molecule has 1 aromatic rings. The molecule has 0 radical (unpaired) electrons. The molecule has 8 heteroatoms. The normalized spacial score (nSPS) is 13.4. The number of carbonyl (C=O) groups is 2. The lowest BCUT2D eigenvalue weighted by atomic mass is 10.0. The molecule has 140 valence electrons. The maximum atomic E-state index is 12.1. The number of nitrogens with one attached hydrogen (secondary N) is 1. The Morgan fingerprint density at radius 3 is 2.24 bits per heavy atom. The van der Waals surface area contributed by atoms with E-state index in [1.165, 1.54) is 20.3 Å². The molecule has 1 rings (SSSR count). The van der Waals surface area contributed by atoms with Crippen LogP contribution >= 0.6 is 0 Å². The maximum Gasteiger partial charge on any atom is 0.408 e. The second kappa shape index (κ2) is 8.57. The summed E-state index contributed by atoms with van der Waals surface area (Å²) >= 11 is 0. The minimum atomic E-state index is -1.44. The molecule has 0 saturated carbocycles. The van der Waals surface area contributed by atoms with Crippen molar-refractivity contribution in [2.75, 3.05) is 21.3 Å². The average Bonchev–Trinajstić information content (AvgIpc) is 2.56. The zero-order valence-electron chi connectivity index (χ0n) is 15.3. The lowest BCUT2D eigenvalue weighted by Gasteiger charge is -2.26. The van der Waals surface area contributed by atoms with Gasteiger partial charge in [0.1, 0.15) is 23.2 Å². The van der Waals surface area contributed by atoms with E-state index in [1.807, 2.05) is 0 Å². The Hall–Kier alpha value is -2.48. The second-order valence-corrected chi connectivity index (χ2v) is 6.20. The molecule has 0 saturated heterocycles. The molecular weight excluding hydrogens is 330 g/mol. The van der Waals surface area contributed by atoms with Crippen LogP contribution in [0.25, 0.3) is 0 Å². The van der Waals surface area contributed by atoms with E-state index >= 15 is 0 Å². The van der Waals surface area contributed by atoms with Gasteiger partial charge in [-0.1, -0.05) is 0 Å². The highest BCUT2D eigenvalue weighted by molar-refractivity contribution is 5.82. The summed E-state index contributed by atoms with van der Waals surface area (Å²) in [6, 6.07) is 3.35. The number of methoxy groups -OCH3 is 3. The first kappa shape index (κ1) is 20.6. The third kappa shape index (κ3) is 5.82. The van der Waals surface area contributed by atoms with Gasteiger partial charge in [-0.3, -0.25) is 0 Å². The fourth-order valence-electron chi connectivity index (χ4n) is 2.08. The Balaban J connectivity index is 3.14. The number of alkyl carbamates (subject to hydrolysis) is 1. The molecule has 2 atom stereocenters. The Labute approximate surface area is 147 Å². The summed E-state index contributed by atoms with van der Waals surface area (Å²) in [5, 5.41) is 13.0. The number of hydrogen-bond acceptors (Lipinski definition) is 7. The van der Waals surface area contributed by atoms with E-state index in [0.29, 0.717) is 11.5 Å². The van der Waals surface area contributed by atoms with E-state index in [2.05, 4.69) is 10.1 Å². The highest BCUT2D eigenvalue weighted by Gasteiger charge is 2.34. The van der Waals surface area contributed by atoms with Crippen molar-refractivity contribution in [3.8, 4) is 11.5 Å². The Bertz CT molecular complexity index is 610. The fourth-order valence-corrected chi connectivity index (χ4v) is 2.08. The number of aliphatic hydroxyl groups is 1. The summed E-state index contributed by atoms with van der Waals surface area (Å²) in [6.45, 7) is 5.05. The largest absolute Gasteiger partial charge is 0.497 e. The number of amides is 1. The van der Waals surface area contributed by atoms with Gasteiger partial charge < -0.3 is 29.4 Å². The zero-order chi connectivity index (χ0) is 19.2. The number of esters is 1.